The second-order valence-electron chi connectivity index (χ2n) is 6.57. The Hall–Kier alpha value is -1.93. The van der Waals surface area contributed by atoms with E-state index >= 15 is 0 Å². The van der Waals surface area contributed by atoms with Gasteiger partial charge in [-0.25, -0.2) is 8.42 Å². The smallest absolute Gasteiger partial charge is 0.279 e. The van der Waals surface area contributed by atoms with Gasteiger partial charge in [0.2, 0.25) is 10.0 Å². The van der Waals surface area contributed by atoms with Crippen molar-refractivity contribution < 1.29 is 18.1 Å². The molecule has 0 spiro atoms. The van der Waals surface area contributed by atoms with Crippen LogP contribution in [0, 0.1) is 0 Å². The number of nitrogens with one attached hydrogen (secondary N) is 2. The van der Waals surface area contributed by atoms with Gasteiger partial charge in [-0.3, -0.25) is 4.79 Å². The van der Waals surface area contributed by atoms with Gasteiger partial charge in [0.05, 0.1) is 11.9 Å². The van der Waals surface area contributed by atoms with Gasteiger partial charge >= 0.3 is 0 Å². The molecule has 28 heavy (non-hydrogen) atoms. The molecule has 1 atom stereocenters. The van der Waals surface area contributed by atoms with Crippen LogP contribution in [0.3, 0.4) is 0 Å². The average molecular weight is 425 g/mol. The quantitative estimate of drug-likeness (QED) is 0.647. The first kappa shape index (κ1) is 22.4. The van der Waals surface area contributed by atoms with Gasteiger partial charge in [-0.15, -0.1) is 0 Å². The highest BCUT2D eigenvalue weighted by molar-refractivity contribution is 7.89. The monoisotopic (exact) mass is 424 g/mol. The first-order valence-corrected chi connectivity index (χ1v) is 11.0. The summed E-state index contributed by atoms with van der Waals surface area (Å²) in [6.45, 7) is 5.23. The fraction of sp³-hybridized carbons (Fsp3) is 0.350. The van der Waals surface area contributed by atoms with E-state index in [1.54, 1.807) is 26.0 Å². The minimum Gasteiger partial charge on any atom is -0.326 e. The number of amides is 1. The molecule has 2 N–H and O–H groups in total. The lowest BCUT2D eigenvalue weighted by molar-refractivity contribution is -0.885. The van der Waals surface area contributed by atoms with Crippen LogP contribution < -0.4 is 10.2 Å². The maximum Gasteiger partial charge on any atom is 0.279 e. The Bertz CT molecular complexity index is 914. The zero-order valence-corrected chi connectivity index (χ0v) is 18.0. The molecule has 6 nitrogen and oxygen atoms in total. The number of quaternary nitrogens is 1. The number of anilines is 1. The van der Waals surface area contributed by atoms with Crippen LogP contribution in [0.4, 0.5) is 5.69 Å². The number of hydrogen-bond acceptors (Lipinski definition) is 3. The van der Waals surface area contributed by atoms with Crippen molar-refractivity contribution in [2.75, 3.05) is 32.0 Å². The molecule has 2 aromatic carbocycles. The Kier molecular flexibility index (Phi) is 8.00. The summed E-state index contributed by atoms with van der Waals surface area (Å²) in [5, 5.41) is 3.46. The van der Waals surface area contributed by atoms with Gasteiger partial charge in [-0.05, 0) is 24.3 Å². The van der Waals surface area contributed by atoms with Crippen LogP contribution in [0.5, 0.6) is 0 Å². The standard InChI is InChI=1S/C20H26ClN3O3S/c1-4-24(5-2)28(26,27)18-11-8-10-17(13-18)22-20(25)15-23(3)14-16-9-6-7-12-19(16)21/h6-13H,4-5,14-15H2,1-3H3,(H,22,25)/p+1. The first-order valence-electron chi connectivity index (χ1n) is 9.22. The molecule has 2 aromatic rings. The minimum absolute atomic E-state index is 0.172. The van der Waals surface area contributed by atoms with Crippen molar-refractivity contribution in [1.82, 2.24) is 4.31 Å². The highest BCUT2D eigenvalue weighted by Gasteiger charge is 2.22. The maximum atomic E-state index is 12.6. The van der Waals surface area contributed by atoms with Crippen LogP contribution >= 0.6 is 11.6 Å². The van der Waals surface area contributed by atoms with Gasteiger partial charge in [-0.1, -0.05) is 49.7 Å². The second-order valence-corrected chi connectivity index (χ2v) is 8.91. The Morgan fingerprint density at radius 3 is 2.43 bits per heavy atom. The lowest BCUT2D eigenvalue weighted by Gasteiger charge is -2.19. The van der Waals surface area contributed by atoms with E-state index in [-0.39, 0.29) is 17.3 Å². The van der Waals surface area contributed by atoms with E-state index in [4.69, 9.17) is 11.6 Å². The summed E-state index contributed by atoms with van der Waals surface area (Å²) < 4.78 is 26.7. The Morgan fingerprint density at radius 1 is 1.11 bits per heavy atom. The van der Waals surface area contributed by atoms with Gasteiger partial charge < -0.3 is 10.2 Å². The number of sulfonamides is 1. The van der Waals surface area contributed by atoms with Gasteiger partial charge in [0.15, 0.2) is 6.54 Å². The van der Waals surface area contributed by atoms with Crippen molar-refractivity contribution in [3.05, 3.63) is 59.1 Å². The van der Waals surface area contributed by atoms with E-state index < -0.39 is 10.0 Å². The molecule has 1 amide bonds. The second kappa shape index (κ2) is 10.0. The fourth-order valence-electron chi connectivity index (χ4n) is 2.96. The average Bonchev–Trinajstić information content (AvgIpc) is 2.64. The van der Waals surface area contributed by atoms with Crippen LogP contribution in [-0.4, -0.2) is 45.3 Å². The molecule has 0 aliphatic heterocycles. The van der Waals surface area contributed by atoms with E-state index in [2.05, 4.69) is 5.32 Å². The number of likely N-dealkylation sites (N-methyl/N-ethyl adjacent to an activating group) is 1. The molecule has 0 saturated carbocycles. The summed E-state index contributed by atoms with van der Waals surface area (Å²) >= 11 is 6.17. The number of benzene rings is 2. The first-order chi connectivity index (χ1) is 13.3. The molecule has 152 valence electrons. The summed E-state index contributed by atoms with van der Waals surface area (Å²) in [4.78, 5) is 13.5. The van der Waals surface area contributed by atoms with Crippen LogP contribution in [0.1, 0.15) is 19.4 Å². The predicted molar refractivity (Wildman–Crippen MR) is 112 cm³/mol. The lowest BCUT2D eigenvalue weighted by Crippen LogP contribution is -3.08. The zero-order valence-electron chi connectivity index (χ0n) is 16.4. The SMILES string of the molecule is CCN(CC)S(=O)(=O)c1cccc(NC(=O)C[NH+](C)Cc2ccccc2Cl)c1. The molecule has 0 aliphatic rings. The van der Waals surface area contributed by atoms with E-state index in [1.807, 2.05) is 31.3 Å². The zero-order chi connectivity index (χ0) is 20.7. The van der Waals surface area contributed by atoms with Crippen LogP contribution in [-0.2, 0) is 21.4 Å². The molecule has 0 bridgehead atoms. The molecular weight excluding hydrogens is 398 g/mol. The summed E-state index contributed by atoms with van der Waals surface area (Å²) in [5.74, 6) is -0.193. The third kappa shape index (κ3) is 5.78. The highest BCUT2D eigenvalue weighted by Crippen LogP contribution is 2.19. The Morgan fingerprint density at radius 2 is 1.79 bits per heavy atom. The number of nitrogens with zero attached hydrogens (tertiary/aromatic N) is 1. The third-order valence-electron chi connectivity index (χ3n) is 4.37. The molecule has 1 unspecified atom stereocenters. The lowest BCUT2D eigenvalue weighted by atomic mass is 10.2. The molecule has 8 heteroatoms. The van der Waals surface area contributed by atoms with E-state index in [9.17, 15) is 13.2 Å². The molecule has 0 fully saturated rings. The van der Waals surface area contributed by atoms with Crippen molar-refractivity contribution in [2.24, 2.45) is 0 Å². The Balaban J connectivity index is 2.03. The normalized spacial score (nSPS) is 12.8. The van der Waals surface area contributed by atoms with E-state index in [0.717, 1.165) is 10.5 Å². The molecule has 0 radical (unpaired) electrons. The highest BCUT2D eigenvalue weighted by atomic mass is 35.5. The molecular formula is C20H27ClN3O3S+. The van der Waals surface area contributed by atoms with Gasteiger partial charge in [-0.2, -0.15) is 4.31 Å². The van der Waals surface area contributed by atoms with Crippen LogP contribution in [0.15, 0.2) is 53.4 Å². The molecule has 0 saturated heterocycles. The number of hydrogen-bond donors (Lipinski definition) is 2. The van der Waals surface area contributed by atoms with Crippen LogP contribution in [0.25, 0.3) is 0 Å². The minimum atomic E-state index is -3.57. The summed E-state index contributed by atoms with van der Waals surface area (Å²) in [6.07, 6.45) is 0. The summed E-state index contributed by atoms with van der Waals surface area (Å²) in [6, 6.07) is 13.9. The van der Waals surface area contributed by atoms with Gasteiger partial charge in [0.1, 0.15) is 6.54 Å². The predicted octanol–water partition coefficient (Wildman–Crippen LogP) is 2.02. The maximum absolute atomic E-state index is 12.6. The topological polar surface area (TPSA) is 70.9 Å². The van der Waals surface area contributed by atoms with Gasteiger partial charge in [0, 0.05) is 29.4 Å². The summed E-state index contributed by atoms with van der Waals surface area (Å²) in [7, 11) is -1.66. The van der Waals surface area contributed by atoms with Crippen molar-refractivity contribution >= 4 is 33.2 Å². The number of carbonyl (C=O) groups excluding carboxylic acids is 1. The molecule has 0 aliphatic carbocycles. The third-order valence-corrected chi connectivity index (χ3v) is 6.79. The van der Waals surface area contributed by atoms with Crippen molar-refractivity contribution in [3.8, 4) is 0 Å². The largest absolute Gasteiger partial charge is 0.326 e. The molecule has 0 heterocycles. The Labute approximate surface area is 172 Å². The number of rotatable bonds is 9. The summed E-state index contributed by atoms with van der Waals surface area (Å²) in [5.41, 5.74) is 1.44. The van der Waals surface area contributed by atoms with Crippen LogP contribution in [0.2, 0.25) is 5.02 Å². The van der Waals surface area contributed by atoms with Crippen molar-refractivity contribution in [1.29, 1.82) is 0 Å². The van der Waals surface area contributed by atoms with E-state index in [1.165, 1.54) is 16.4 Å². The van der Waals surface area contributed by atoms with Gasteiger partial charge in [0.25, 0.3) is 5.91 Å². The van der Waals surface area contributed by atoms with E-state index in [0.29, 0.717) is 30.3 Å². The van der Waals surface area contributed by atoms with Crippen molar-refractivity contribution in [3.63, 3.8) is 0 Å². The number of carbonyl (C=O) groups is 1. The number of halogens is 1. The fourth-order valence-corrected chi connectivity index (χ4v) is 4.66. The van der Waals surface area contributed by atoms with Crippen molar-refractivity contribution in [2.45, 2.75) is 25.3 Å². The molecule has 2 rings (SSSR count). The molecule has 0 aromatic heterocycles.